The Kier molecular flexibility index (Phi) is 6.43. The smallest absolute Gasteiger partial charge is 0.221 e. The van der Waals surface area contributed by atoms with Crippen molar-refractivity contribution in [2.45, 2.75) is 40.0 Å². The summed E-state index contributed by atoms with van der Waals surface area (Å²) >= 11 is 0. The van der Waals surface area contributed by atoms with E-state index in [4.69, 9.17) is 9.84 Å². The molecule has 5 heteroatoms. The van der Waals surface area contributed by atoms with Gasteiger partial charge in [0.05, 0.1) is 12.2 Å². The van der Waals surface area contributed by atoms with Gasteiger partial charge in [-0.15, -0.1) is 0 Å². The number of rotatable bonds is 8. The number of aryl methyl sites for hydroxylation is 1. The molecule has 0 aromatic carbocycles. The molecule has 0 bridgehead atoms. The number of ether oxygens (including phenoxy) is 1. The van der Waals surface area contributed by atoms with Gasteiger partial charge in [0.15, 0.2) is 0 Å². The molecule has 0 saturated carbocycles. The standard InChI is InChI=1S/C13H23N3O2/c1-4-7-14-12-10(3)13(18-9-6-8-17)16-11(5-2)15-12/h17H,4-9H2,1-3H3,(H,14,15,16). The number of nitrogens with zero attached hydrogens (tertiary/aromatic N) is 2. The summed E-state index contributed by atoms with van der Waals surface area (Å²) in [6, 6.07) is 0. The normalized spacial score (nSPS) is 10.4. The molecule has 2 N–H and O–H groups in total. The molecule has 102 valence electrons. The van der Waals surface area contributed by atoms with Crippen molar-refractivity contribution in [1.29, 1.82) is 0 Å². The second-order valence-electron chi connectivity index (χ2n) is 4.12. The fourth-order valence-electron chi connectivity index (χ4n) is 1.49. The number of aliphatic hydroxyl groups excluding tert-OH is 1. The van der Waals surface area contributed by atoms with Gasteiger partial charge in [-0.05, 0) is 13.3 Å². The van der Waals surface area contributed by atoms with Gasteiger partial charge in [0, 0.05) is 26.0 Å². The zero-order valence-electron chi connectivity index (χ0n) is 11.5. The molecule has 1 rings (SSSR count). The average Bonchev–Trinajstić information content (AvgIpc) is 2.39. The minimum atomic E-state index is 0.131. The summed E-state index contributed by atoms with van der Waals surface area (Å²) < 4.78 is 5.59. The summed E-state index contributed by atoms with van der Waals surface area (Å²) in [5.74, 6) is 2.25. The van der Waals surface area contributed by atoms with Crippen LogP contribution in [0.3, 0.4) is 0 Å². The molecule has 0 unspecified atom stereocenters. The first-order valence-electron chi connectivity index (χ1n) is 6.57. The SMILES string of the molecule is CCCNc1nc(CC)nc(OCCCO)c1C. The minimum absolute atomic E-state index is 0.131. The molecule has 5 nitrogen and oxygen atoms in total. The van der Waals surface area contributed by atoms with E-state index in [2.05, 4.69) is 22.2 Å². The molecule has 0 atom stereocenters. The predicted octanol–water partition coefficient (Wildman–Crippen LogP) is 1.93. The van der Waals surface area contributed by atoms with Crippen molar-refractivity contribution < 1.29 is 9.84 Å². The lowest BCUT2D eigenvalue weighted by Crippen LogP contribution is -2.10. The van der Waals surface area contributed by atoms with Gasteiger partial charge in [-0.2, -0.15) is 4.98 Å². The lowest BCUT2D eigenvalue weighted by Gasteiger charge is -2.13. The van der Waals surface area contributed by atoms with Gasteiger partial charge in [0.1, 0.15) is 11.6 Å². The van der Waals surface area contributed by atoms with E-state index < -0.39 is 0 Å². The predicted molar refractivity (Wildman–Crippen MR) is 72.1 cm³/mol. The fraction of sp³-hybridized carbons (Fsp3) is 0.692. The summed E-state index contributed by atoms with van der Waals surface area (Å²) in [5.41, 5.74) is 0.929. The number of aromatic nitrogens is 2. The Balaban J connectivity index is 2.85. The molecular weight excluding hydrogens is 230 g/mol. The van der Waals surface area contributed by atoms with Gasteiger partial charge >= 0.3 is 0 Å². The van der Waals surface area contributed by atoms with Crippen molar-refractivity contribution in [1.82, 2.24) is 9.97 Å². The molecule has 0 radical (unpaired) electrons. The van der Waals surface area contributed by atoms with Crippen LogP contribution in [0.25, 0.3) is 0 Å². The van der Waals surface area contributed by atoms with Crippen molar-refractivity contribution in [3.63, 3.8) is 0 Å². The minimum Gasteiger partial charge on any atom is -0.477 e. The van der Waals surface area contributed by atoms with Gasteiger partial charge in [-0.1, -0.05) is 13.8 Å². The first-order valence-corrected chi connectivity index (χ1v) is 6.57. The van der Waals surface area contributed by atoms with Gasteiger partial charge in [-0.3, -0.25) is 0 Å². The van der Waals surface area contributed by atoms with Crippen LogP contribution in [0, 0.1) is 6.92 Å². The highest BCUT2D eigenvalue weighted by atomic mass is 16.5. The zero-order chi connectivity index (χ0) is 13.4. The van der Waals surface area contributed by atoms with E-state index in [0.29, 0.717) is 18.9 Å². The molecule has 18 heavy (non-hydrogen) atoms. The first-order chi connectivity index (χ1) is 8.72. The van der Waals surface area contributed by atoms with Crippen molar-refractivity contribution in [3.05, 3.63) is 11.4 Å². The number of nitrogens with one attached hydrogen (secondary N) is 1. The molecule has 0 aliphatic carbocycles. The first kappa shape index (κ1) is 14.7. The fourth-order valence-corrected chi connectivity index (χ4v) is 1.49. The molecule has 0 saturated heterocycles. The molecule has 1 aromatic heterocycles. The molecular formula is C13H23N3O2. The Bertz CT molecular complexity index is 369. The number of hydrogen-bond donors (Lipinski definition) is 2. The van der Waals surface area contributed by atoms with E-state index in [9.17, 15) is 0 Å². The molecule has 0 aliphatic rings. The molecule has 0 aliphatic heterocycles. The van der Waals surface area contributed by atoms with E-state index in [1.807, 2.05) is 13.8 Å². The Hall–Kier alpha value is -1.36. The zero-order valence-corrected chi connectivity index (χ0v) is 11.5. The molecule has 1 heterocycles. The van der Waals surface area contributed by atoms with Crippen LogP contribution in [0.15, 0.2) is 0 Å². The molecule has 0 amide bonds. The maximum Gasteiger partial charge on any atom is 0.221 e. The third kappa shape index (κ3) is 4.14. The Morgan fingerprint density at radius 3 is 2.67 bits per heavy atom. The Labute approximate surface area is 109 Å². The largest absolute Gasteiger partial charge is 0.477 e. The van der Waals surface area contributed by atoms with Crippen LogP contribution in [0.4, 0.5) is 5.82 Å². The van der Waals surface area contributed by atoms with Gasteiger partial charge in [0.2, 0.25) is 5.88 Å². The Morgan fingerprint density at radius 1 is 1.28 bits per heavy atom. The molecule has 1 aromatic rings. The second kappa shape index (κ2) is 7.87. The lowest BCUT2D eigenvalue weighted by molar-refractivity contribution is 0.228. The van der Waals surface area contributed by atoms with E-state index >= 15 is 0 Å². The van der Waals surface area contributed by atoms with Crippen LogP contribution < -0.4 is 10.1 Å². The van der Waals surface area contributed by atoms with Gasteiger partial charge in [-0.25, -0.2) is 4.98 Å². The summed E-state index contributed by atoms with van der Waals surface area (Å²) in [6.07, 6.45) is 2.44. The van der Waals surface area contributed by atoms with E-state index in [1.165, 1.54) is 0 Å². The Morgan fingerprint density at radius 2 is 2.06 bits per heavy atom. The number of anilines is 1. The maximum absolute atomic E-state index is 8.76. The lowest BCUT2D eigenvalue weighted by atomic mass is 10.3. The highest BCUT2D eigenvalue weighted by molar-refractivity contribution is 5.48. The van der Waals surface area contributed by atoms with E-state index in [-0.39, 0.29) is 6.61 Å². The summed E-state index contributed by atoms with van der Waals surface area (Å²) in [6.45, 7) is 7.58. The molecule has 0 fully saturated rings. The van der Waals surface area contributed by atoms with Crippen LogP contribution >= 0.6 is 0 Å². The monoisotopic (exact) mass is 253 g/mol. The highest BCUT2D eigenvalue weighted by Crippen LogP contribution is 2.22. The van der Waals surface area contributed by atoms with Crippen molar-refractivity contribution in [2.75, 3.05) is 25.1 Å². The van der Waals surface area contributed by atoms with Crippen molar-refractivity contribution in [2.24, 2.45) is 0 Å². The van der Waals surface area contributed by atoms with Crippen LogP contribution in [-0.2, 0) is 6.42 Å². The quantitative estimate of drug-likeness (QED) is 0.693. The summed E-state index contributed by atoms with van der Waals surface area (Å²) in [4.78, 5) is 8.84. The van der Waals surface area contributed by atoms with Crippen LogP contribution in [0.1, 0.15) is 38.1 Å². The highest BCUT2D eigenvalue weighted by Gasteiger charge is 2.10. The summed E-state index contributed by atoms with van der Waals surface area (Å²) in [7, 11) is 0. The topological polar surface area (TPSA) is 67.3 Å². The second-order valence-corrected chi connectivity index (χ2v) is 4.12. The third-order valence-corrected chi connectivity index (χ3v) is 2.55. The van der Waals surface area contributed by atoms with Gasteiger partial charge < -0.3 is 15.2 Å². The molecule has 0 spiro atoms. The maximum atomic E-state index is 8.76. The van der Waals surface area contributed by atoms with Crippen LogP contribution in [0.2, 0.25) is 0 Å². The van der Waals surface area contributed by atoms with Crippen LogP contribution in [0.5, 0.6) is 5.88 Å². The van der Waals surface area contributed by atoms with Crippen molar-refractivity contribution in [3.8, 4) is 5.88 Å². The van der Waals surface area contributed by atoms with Crippen molar-refractivity contribution >= 4 is 5.82 Å². The van der Waals surface area contributed by atoms with E-state index in [0.717, 1.165) is 36.6 Å². The summed E-state index contributed by atoms with van der Waals surface area (Å²) in [5, 5.41) is 12.0. The van der Waals surface area contributed by atoms with E-state index in [1.54, 1.807) is 0 Å². The number of hydrogen-bond acceptors (Lipinski definition) is 5. The van der Waals surface area contributed by atoms with Crippen LogP contribution in [-0.4, -0.2) is 34.8 Å². The van der Waals surface area contributed by atoms with Gasteiger partial charge in [0.25, 0.3) is 0 Å². The average molecular weight is 253 g/mol. The third-order valence-electron chi connectivity index (χ3n) is 2.55. The number of aliphatic hydroxyl groups is 1.